The van der Waals surface area contributed by atoms with E-state index in [0.29, 0.717) is 22.8 Å². The standard InChI is InChI=1S/C19H18ClN3O5S2/c1-27-15-9-14-17(10-16(15)28-2)30-19(22(14)6-7-29-3)21-18(24)12-8-11(23(25)26)4-5-13(12)20/h4-5,8-10H,6-7H2,1-3H3. The predicted octanol–water partition coefficient (Wildman–Crippen LogP) is 4.39. The first-order valence-electron chi connectivity index (χ1n) is 8.67. The summed E-state index contributed by atoms with van der Waals surface area (Å²) in [5.74, 6) is 1.30. The Balaban J connectivity index is 2.18. The molecule has 0 atom stereocenters. The molecule has 1 amide bonds. The zero-order valence-corrected chi connectivity index (χ0v) is 18.8. The monoisotopic (exact) mass is 467 g/mol. The lowest BCUT2D eigenvalue weighted by atomic mass is 10.2. The second kappa shape index (κ2) is 9.50. The Bertz CT molecular complexity index is 1190. The van der Waals surface area contributed by atoms with Gasteiger partial charge in [0.05, 0.1) is 39.9 Å². The molecule has 158 valence electrons. The maximum atomic E-state index is 12.8. The van der Waals surface area contributed by atoms with Gasteiger partial charge in [-0.2, -0.15) is 16.8 Å². The van der Waals surface area contributed by atoms with E-state index in [2.05, 4.69) is 4.99 Å². The minimum absolute atomic E-state index is 0.0186. The minimum Gasteiger partial charge on any atom is -0.493 e. The zero-order chi connectivity index (χ0) is 21.8. The molecule has 8 nitrogen and oxygen atoms in total. The van der Waals surface area contributed by atoms with E-state index in [1.165, 1.54) is 23.5 Å². The van der Waals surface area contributed by atoms with Gasteiger partial charge in [-0.25, -0.2) is 0 Å². The van der Waals surface area contributed by atoms with E-state index in [-0.39, 0.29) is 16.3 Å². The Morgan fingerprint density at radius 2 is 1.97 bits per heavy atom. The molecule has 11 heteroatoms. The van der Waals surface area contributed by atoms with Crippen LogP contribution in [0.15, 0.2) is 35.3 Å². The number of nitro benzene ring substituents is 1. The number of thiazole rings is 1. The van der Waals surface area contributed by atoms with Gasteiger partial charge in [-0.15, -0.1) is 0 Å². The SMILES string of the molecule is COc1cc2sc(=NC(=O)c3cc([N+](=O)[O-])ccc3Cl)n(CCSC)c2cc1OC. The summed E-state index contributed by atoms with van der Waals surface area (Å²) in [6, 6.07) is 7.38. The second-order valence-electron chi connectivity index (χ2n) is 6.04. The fraction of sp³-hybridized carbons (Fsp3) is 0.263. The van der Waals surface area contributed by atoms with Crippen molar-refractivity contribution in [2.45, 2.75) is 6.54 Å². The number of amides is 1. The van der Waals surface area contributed by atoms with E-state index < -0.39 is 10.8 Å². The molecule has 0 saturated carbocycles. The highest BCUT2D eigenvalue weighted by Crippen LogP contribution is 2.33. The maximum absolute atomic E-state index is 12.8. The van der Waals surface area contributed by atoms with Crippen LogP contribution in [0.25, 0.3) is 10.2 Å². The highest BCUT2D eigenvalue weighted by atomic mass is 35.5. The van der Waals surface area contributed by atoms with Gasteiger partial charge in [-0.05, 0) is 12.3 Å². The number of hydrogen-bond donors (Lipinski definition) is 0. The Morgan fingerprint density at radius 1 is 1.27 bits per heavy atom. The summed E-state index contributed by atoms with van der Waals surface area (Å²) in [6.45, 7) is 0.617. The van der Waals surface area contributed by atoms with Crippen molar-refractivity contribution in [3.63, 3.8) is 0 Å². The maximum Gasteiger partial charge on any atom is 0.281 e. The fourth-order valence-electron chi connectivity index (χ4n) is 2.82. The van der Waals surface area contributed by atoms with E-state index in [1.807, 2.05) is 23.0 Å². The topological polar surface area (TPSA) is 96.0 Å². The summed E-state index contributed by atoms with van der Waals surface area (Å²) >= 11 is 9.08. The molecule has 0 aliphatic carbocycles. The quantitative estimate of drug-likeness (QED) is 0.378. The molecule has 0 fully saturated rings. The summed E-state index contributed by atoms with van der Waals surface area (Å²) < 4.78 is 13.5. The van der Waals surface area contributed by atoms with Crippen molar-refractivity contribution in [3.8, 4) is 11.5 Å². The average molecular weight is 468 g/mol. The molecule has 0 aliphatic heterocycles. The number of non-ortho nitro benzene ring substituents is 1. The van der Waals surface area contributed by atoms with Gasteiger partial charge >= 0.3 is 0 Å². The average Bonchev–Trinajstić information content (AvgIpc) is 3.06. The van der Waals surface area contributed by atoms with Crippen LogP contribution < -0.4 is 14.3 Å². The van der Waals surface area contributed by atoms with Crippen LogP contribution in [0.4, 0.5) is 5.69 Å². The first-order chi connectivity index (χ1) is 14.4. The number of nitrogens with zero attached hydrogens (tertiary/aromatic N) is 3. The number of carbonyl (C=O) groups is 1. The number of halogens is 1. The van der Waals surface area contributed by atoms with E-state index in [9.17, 15) is 14.9 Å². The van der Waals surface area contributed by atoms with Crippen molar-refractivity contribution in [1.82, 2.24) is 4.57 Å². The Morgan fingerprint density at radius 3 is 2.60 bits per heavy atom. The van der Waals surface area contributed by atoms with E-state index in [0.717, 1.165) is 22.0 Å². The summed E-state index contributed by atoms with van der Waals surface area (Å²) in [7, 11) is 3.11. The lowest BCUT2D eigenvalue weighted by Gasteiger charge is -2.09. The molecule has 3 aromatic rings. The molecule has 2 aromatic carbocycles. The number of fused-ring (bicyclic) bond motifs is 1. The largest absolute Gasteiger partial charge is 0.493 e. The van der Waals surface area contributed by atoms with Crippen molar-refractivity contribution in [2.75, 3.05) is 26.2 Å². The molecular formula is C19H18ClN3O5S2. The number of methoxy groups -OCH3 is 2. The normalized spacial score (nSPS) is 11.7. The van der Waals surface area contributed by atoms with Crippen LogP contribution in [0.2, 0.25) is 5.02 Å². The minimum atomic E-state index is -0.646. The number of nitro groups is 1. The van der Waals surface area contributed by atoms with Crippen molar-refractivity contribution >= 4 is 56.5 Å². The van der Waals surface area contributed by atoms with Crippen LogP contribution >= 0.6 is 34.7 Å². The lowest BCUT2D eigenvalue weighted by molar-refractivity contribution is -0.384. The molecule has 0 aliphatic rings. The molecule has 1 aromatic heterocycles. The van der Waals surface area contributed by atoms with Crippen molar-refractivity contribution in [1.29, 1.82) is 0 Å². The molecule has 0 N–H and O–H groups in total. The summed E-state index contributed by atoms with van der Waals surface area (Å²) in [4.78, 5) is 28.0. The molecule has 0 radical (unpaired) electrons. The van der Waals surface area contributed by atoms with E-state index in [4.69, 9.17) is 21.1 Å². The van der Waals surface area contributed by atoms with Crippen LogP contribution in [-0.4, -0.2) is 41.6 Å². The third-order valence-electron chi connectivity index (χ3n) is 4.30. The third kappa shape index (κ3) is 4.45. The van der Waals surface area contributed by atoms with Crippen molar-refractivity contribution < 1.29 is 19.2 Å². The molecular weight excluding hydrogens is 450 g/mol. The third-order valence-corrected chi connectivity index (χ3v) is 6.26. The summed E-state index contributed by atoms with van der Waals surface area (Å²) in [6.07, 6.45) is 1.99. The number of carbonyl (C=O) groups excluding carboxylic acids is 1. The van der Waals surface area contributed by atoms with E-state index in [1.54, 1.807) is 26.0 Å². The number of thioether (sulfide) groups is 1. The van der Waals surface area contributed by atoms with Gasteiger partial charge in [0.2, 0.25) is 0 Å². The smallest absolute Gasteiger partial charge is 0.281 e. The van der Waals surface area contributed by atoms with Crippen LogP contribution in [0.1, 0.15) is 10.4 Å². The number of benzene rings is 2. The lowest BCUT2D eigenvalue weighted by Crippen LogP contribution is -2.18. The van der Waals surface area contributed by atoms with Gasteiger partial charge in [0.1, 0.15) is 0 Å². The predicted molar refractivity (Wildman–Crippen MR) is 119 cm³/mol. The first kappa shape index (κ1) is 22.1. The van der Waals surface area contributed by atoms with Crippen LogP contribution in [0.3, 0.4) is 0 Å². The van der Waals surface area contributed by atoms with Gasteiger partial charge in [0.15, 0.2) is 16.3 Å². The molecule has 30 heavy (non-hydrogen) atoms. The van der Waals surface area contributed by atoms with Gasteiger partial charge < -0.3 is 14.0 Å². The Kier molecular flexibility index (Phi) is 7.01. The molecule has 0 spiro atoms. The number of ether oxygens (including phenoxy) is 2. The van der Waals surface area contributed by atoms with Crippen LogP contribution in [-0.2, 0) is 6.54 Å². The summed E-state index contributed by atoms with van der Waals surface area (Å²) in [5, 5.41) is 11.2. The van der Waals surface area contributed by atoms with Crippen molar-refractivity contribution in [2.24, 2.45) is 4.99 Å². The molecule has 3 rings (SSSR count). The van der Waals surface area contributed by atoms with Gasteiger partial charge in [0, 0.05) is 36.6 Å². The molecule has 1 heterocycles. The summed E-state index contributed by atoms with van der Waals surface area (Å²) in [5.41, 5.74) is 0.609. The van der Waals surface area contributed by atoms with Gasteiger partial charge in [-0.1, -0.05) is 22.9 Å². The first-order valence-corrected chi connectivity index (χ1v) is 11.3. The van der Waals surface area contributed by atoms with E-state index >= 15 is 0 Å². The Hall–Kier alpha value is -2.56. The fourth-order valence-corrected chi connectivity index (χ4v) is 4.45. The van der Waals surface area contributed by atoms with Gasteiger partial charge in [0.25, 0.3) is 11.6 Å². The van der Waals surface area contributed by atoms with Gasteiger partial charge in [-0.3, -0.25) is 14.9 Å². The number of rotatable bonds is 7. The molecule has 0 bridgehead atoms. The van der Waals surface area contributed by atoms with Crippen LogP contribution in [0, 0.1) is 10.1 Å². The highest BCUT2D eigenvalue weighted by molar-refractivity contribution is 7.98. The second-order valence-corrected chi connectivity index (χ2v) is 8.44. The highest BCUT2D eigenvalue weighted by Gasteiger charge is 2.17. The number of hydrogen-bond acceptors (Lipinski definition) is 7. The number of aromatic nitrogens is 1. The molecule has 0 unspecified atom stereocenters. The molecule has 0 saturated heterocycles. The number of aryl methyl sites for hydroxylation is 1. The van der Waals surface area contributed by atoms with Crippen molar-refractivity contribution in [3.05, 3.63) is 55.8 Å². The van der Waals surface area contributed by atoms with Crippen LogP contribution in [0.5, 0.6) is 11.5 Å². The zero-order valence-electron chi connectivity index (χ0n) is 16.4. The Labute approximate surface area is 185 Å².